The Bertz CT molecular complexity index is 1350. The second kappa shape index (κ2) is 7.85. The maximum atomic E-state index is 13.3. The van der Waals surface area contributed by atoms with E-state index in [0.29, 0.717) is 36.5 Å². The molecule has 3 aromatic heterocycles. The number of hydrogen-bond acceptors (Lipinski definition) is 4. The number of aromatic nitrogens is 5. The van der Waals surface area contributed by atoms with E-state index in [4.69, 9.17) is 4.74 Å². The van der Waals surface area contributed by atoms with Gasteiger partial charge in [0.05, 0.1) is 12.6 Å². The molecule has 0 aliphatic carbocycles. The van der Waals surface area contributed by atoms with Crippen LogP contribution in [0.3, 0.4) is 0 Å². The van der Waals surface area contributed by atoms with Crippen LogP contribution < -0.4 is 11.2 Å². The Morgan fingerprint density at radius 2 is 1.97 bits per heavy atom. The minimum atomic E-state index is -0.325. The Labute approximate surface area is 179 Å². The number of benzene rings is 1. The van der Waals surface area contributed by atoms with Crippen LogP contribution in [0.1, 0.15) is 30.5 Å². The summed E-state index contributed by atoms with van der Waals surface area (Å²) < 4.78 is 12.5. The van der Waals surface area contributed by atoms with Gasteiger partial charge >= 0.3 is 5.69 Å². The van der Waals surface area contributed by atoms with Crippen molar-refractivity contribution in [1.82, 2.24) is 23.1 Å². The maximum absolute atomic E-state index is 13.3. The van der Waals surface area contributed by atoms with Gasteiger partial charge in [-0.2, -0.15) is 4.98 Å². The van der Waals surface area contributed by atoms with E-state index in [9.17, 15) is 9.59 Å². The van der Waals surface area contributed by atoms with Gasteiger partial charge in [0, 0.05) is 32.1 Å². The van der Waals surface area contributed by atoms with Crippen molar-refractivity contribution in [1.29, 1.82) is 0 Å². The second-order valence-corrected chi connectivity index (χ2v) is 8.36. The SMILES string of the molecule is Cc1cn2c3c(=O)n(CCCc4ccccc4)c(=O)n(C)c3nc2n1C[C@@H]1CCCO1. The molecule has 4 aromatic rings. The zero-order valence-electron chi connectivity index (χ0n) is 18.0. The molecular formula is C23H27N5O3. The highest BCUT2D eigenvalue weighted by molar-refractivity contribution is 5.75. The Hall–Kier alpha value is -3.13. The van der Waals surface area contributed by atoms with Crippen molar-refractivity contribution in [3.8, 4) is 0 Å². The summed E-state index contributed by atoms with van der Waals surface area (Å²) in [4.78, 5) is 31.0. The van der Waals surface area contributed by atoms with E-state index >= 15 is 0 Å². The number of rotatable bonds is 6. The average Bonchev–Trinajstić information content (AvgIpc) is 3.48. The number of imidazole rings is 2. The number of fused-ring (bicyclic) bond motifs is 3. The molecule has 0 amide bonds. The fourth-order valence-electron chi connectivity index (χ4n) is 4.56. The monoisotopic (exact) mass is 421 g/mol. The molecule has 4 heterocycles. The molecule has 0 radical (unpaired) electrons. The molecule has 8 heteroatoms. The quantitative estimate of drug-likeness (QED) is 0.479. The Morgan fingerprint density at radius 1 is 1.16 bits per heavy atom. The Morgan fingerprint density at radius 3 is 2.71 bits per heavy atom. The molecule has 1 aliphatic rings. The highest BCUT2D eigenvalue weighted by atomic mass is 16.5. The summed E-state index contributed by atoms with van der Waals surface area (Å²) in [6, 6.07) is 10.1. The summed E-state index contributed by atoms with van der Waals surface area (Å²) in [7, 11) is 1.68. The third-order valence-electron chi connectivity index (χ3n) is 6.24. The van der Waals surface area contributed by atoms with Crippen molar-refractivity contribution in [2.75, 3.05) is 6.61 Å². The van der Waals surface area contributed by atoms with Gasteiger partial charge in [-0.15, -0.1) is 0 Å². The molecule has 0 spiro atoms. The van der Waals surface area contributed by atoms with Gasteiger partial charge in [-0.1, -0.05) is 30.3 Å². The normalized spacial score (nSPS) is 16.6. The predicted molar refractivity (Wildman–Crippen MR) is 119 cm³/mol. The van der Waals surface area contributed by atoms with Crippen molar-refractivity contribution in [3.63, 3.8) is 0 Å². The fraction of sp³-hybridized carbons (Fsp3) is 0.435. The van der Waals surface area contributed by atoms with E-state index in [0.717, 1.165) is 31.6 Å². The summed E-state index contributed by atoms with van der Waals surface area (Å²) in [5, 5.41) is 0. The lowest BCUT2D eigenvalue weighted by atomic mass is 10.1. The highest BCUT2D eigenvalue weighted by Gasteiger charge is 2.23. The third-order valence-corrected chi connectivity index (χ3v) is 6.24. The lowest BCUT2D eigenvalue weighted by Crippen LogP contribution is -2.39. The van der Waals surface area contributed by atoms with E-state index in [-0.39, 0.29) is 17.4 Å². The molecule has 162 valence electrons. The van der Waals surface area contributed by atoms with E-state index < -0.39 is 0 Å². The number of aryl methyl sites for hydroxylation is 3. The largest absolute Gasteiger partial charge is 0.376 e. The van der Waals surface area contributed by atoms with E-state index in [2.05, 4.69) is 21.7 Å². The van der Waals surface area contributed by atoms with Crippen molar-refractivity contribution < 1.29 is 4.74 Å². The summed E-state index contributed by atoms with van der Waals surface area (Å²) in [5.74, 6) is 0.678. The van der Waals surface area contributed by atoms with E-state index in [1.807, 2.05) is 35.7 Å². The van der Waals surface area contributed by atoms with Gasteiger partial charge in [0.15, 0.2) is 11.2 Å². The van der Waals surface area contributed by atoms with Crippen LogP contribution >= 0.6 is 0 Å². The first-order valence-electron chi connectivity index (χ1n) is 10.9. The summed E-state index contributed by atoms with van der Waals surface area (Å²) in [6.07, 6.45) is 5.71. The first-order chi connectivity index (χ1) is 15.0. The van der Waals surface area contributed by atoms with Crippen LogP contribution in [0.2, 0.25) is 0 Å². The third kappa shape index (κ3) is 3.40. The molecule has 1 aliphatic heterocycles. The molecule has 0 N–H and O–H groups in total. The van der Waals surface area contributed by atoms with Gasteiger partial charge in [-0.25, -0.2) is 4.79 Å². The van der Waals surface area contributed by atoms with Crippen LogP contribution in [0.25, 0.3) is 16.9 Å². The number of nitrogens with zero attached hydrogens (tertiary/aromatic N) is 5. The molecule has 1 fully saturated rings. The average molecular weight is 422 g/mol. The van der Waals surface area contributed by atoms with Gasteiger partial charge in [0.2, 0.25) is 5.78 Å². The molecule has 0 saturated carbocycles. The molecule has 0 unspecified atom stereocenters. The van der Waals surface area contributed by atoms with Crippen molar-refractivity contribution >= 4 is 16.9 Å². The van der Waals surface area contributed by atoms with Gasteiger partial charge in [0.25, 0.3) is 5.56 Å². The molecule has 5 rings (SSSR count). The van der Waals surface area contributed by atoms with Crippen LogP contribution in [0.15, 0.2) is 46.1 Å². The fourth-order valence-corrected chi connectivity index (χ4v) is 4.56. The first kappa shape index (κ1) is 19.8. The predicted octanol–water partition coefficient (Wildman–Crippen LogP) is 2.27. The molecule has 1 atom stereocenters. The Kier molecular flexibility index (Phi) is 5.02. The standard InChI is InChI=1S/C23H27N5O3/c1-16-14-28-19-20(24-22(28)27(16)15-18-11-7-13-31-18)25(2)23(30)26(21(19)29)12-6-10-17-8-4-3-5-9-17/h3-5,8-9,14,18H,6-7,10-13,15H2,1-2H3/t18-/m0/s1. The van der Waals surface area contributed by atoms with Gasteiger partial charge in [-0.3, -0.25) is 18.3 Å². The summed E-state index contributed by atoms with van der Waals surface area (Å²) >= 11 is 0. The van der Waals surface area contributed by atoms with E-state index in [1.165, 1.54) is 14.7 Å². The Balaban J connectivity index is 1.54. The summed E-state index contributed by atoms with van der Waals surface area (Å²) in [5.41, 5.74) is 2.48. The van der Waals surface area contributed by atoms with Crippen molar-refractivity contribution in [3.05, 3.63) is 68.6 Å². The first-order valence-corrected chi connectivity index (χ1v) is 10.9. The van der Waals surface area contributed by atoms with Gasteiger partial charge < -0.3 is 9.30 Å². The molecular weight excluding hydrogens is 394 g/mol. The topological polar surface area (TPSA) is 75.5 Å². The minimum Gasteiger partial charge on any atom is -0.376 e. The van der Waals surface area contributed by atoms with Crippen molar-refractivity contribution in [2.45, 2.75) is 51.8 Å². The second-order valence-electron chi connectivity index (χ2n) is 8.36. The van der Waals surface area contributed by atoms with E-state index in [1.54, 1.807) is 7.05 Å². The van der Waals surface area contributed by atoms with Crippen LogP contribution in [0.4, 0.5) is 0 Å². The summed E-state index contributed by atoms with van der Waals surface area (Å²) in [6.45, 7) is 3.87. The van der Waals surface area contributed by atoms with Gasteiger partial charge in [0.1, 0.15) is 0 Å². The minimum absolute atomic E-state index is 0.160. The number of hydrogen-bond donors (Lipinski definition) is 0. The van der Waals surface area contributed by atoms with Crippen LogP contribution in [0.5, 0.6) is 0 Å². The van der Waals surface area contributed by atoms with Crippen LogP contribution in [-0.4, -0.2) is 35.8 Å². The van der Waals surface area contributed by atoms with Crippen molar-refractivity contribution in [2.24, 2.45) is 7.05 Å². The van der Waals surface area contributed by atoms with Gasteiger partial charge in [-0.05, 0) is 38.2 Å². The maximum Gasteiger partial charge on any atom is 0.332 e. The lowest BCUT2D eigenvalue weighted by molar-refractivity contribution is 0.0974. The van der Waals surface area contributed by atoms with Crippen LogP contribution in [-0.2, 0) is 31.3 Å². The van der Waals surface area contributed by atoms with Crippen LogP contribution in [0, 0.1) is 6.92 Å². The number of ether oxygens (including phenoxy) is 1. The molecule has 31 heavy (non-hydrogen) atoms. The highest BCUT2D eigenvalue weighted by Crippen LogP contribution is 2.20. The molecule has 0 bridgehead atoms. The zero-order valence-corrected chi connectivity index (χ0v) is 18.0. The smallest absolute Gasteiger partial charge is 0.332 e. The lowest BCUT2D eigenvalue weighted by Gasteiger charge is -2.11. The molecule has 1 saturated heterocycles. The zero-order chi connectivity index (χ0) is 21.5. The molecule has 8 nitrogen and oxygen atoms in total. The molecule has 1 aromatic carbocycles.